The highest BCUT2D eigenvalue weighted by Crippen LogP contribution is 2.33. The van der Waals surface area contributed by atoms with Crippen LogP contribution in [-0.4, -0.2) is 33.9 Å². The number of carbonyl (C=O) groups excluding carboxylic acids is 2. The molecule has 0 saturated heterocycles. The average molecular weight is 516 g/mol. The molecule has 8 heteroatoms. The van der Waals surface area contributed by atoms with E-state index in [9.17, 15) is 23.5 Å². The fourth-order valence-electron chi connectivity index (χ4n) is 4.69. The van der Waals surface area contributed by atoms with Crippen LogP contribution >= 0.6 is 0 Å². The lowest BCUT2D eigenvalue weighted by molar-refractivity contribution is -0.0399. The van der Waals surface area contributed by atoms with Gasteiger partial charge >= 0.3 is 0 Å². The average Bonchev–Trinajstić information content (AvgIpc) is 2.93. The van der Waals surface area contributed by atoms with Gasteiger partial charge in [-0.2, -0.15) is 0 Å². The van der Waals surface area contributed by atoms with E-state index in [0.717, 1.165) is 22.1 Å². The number of carbonyl (C=O) groups is 2. The van der Waals surface area contributed by atoms with Gasteiger partial charge in [0, 0.05) is 48.1 Å². The van der Waals surface area contributed by atoms with E-state index in [1.54, 1.807) is 60.8 Å². The van der Waals surface area contributed by atoms with Crippen molar-refractivity contribution < 1.29 is 23.5 Å². The molecule has 1 fully saturated rings. The van der Waals surface area contributed by atoms with Crippen molar-refractivity contribution in [2.75, 3.05) is 0 Å². The minimum Gasteiger partial charge on any atom is -0.506 e. The molecule has 1 aliphatic rings. The summed E-state index contributed by atoms with van der Waals surface area (Å²) in [6.45, 7) is 0.269. The van der Waals surface area contributed by atoms with Crippen molar-refractivity contribution >= 4 is 22.7 Å². The van der Waals surface area contributed by atoms with Gasteiger partial charge in [0.25, 0.3) is 11.8 Å². The Bertz CT molecular complexity index is 1480. The molecule has 1 aromatic heterocycles. The van der Waals surface area contributed by atoms with E-state index >= 15 is 0 Å². The van der Waals surface area contributed by atoms with Crippen molar-refractivity contribution in [1.82, 2.24) is 15.6 Å². The van der Waals surface area contributed by atoms with Gasteiger partial charge in [-0.3, -0.25) is 14.6 Å². The number of hydrogen-bond acceptors (Lipinski definition) is 4. The number of amides is 2. The van der Waals surface area contributed by atoms with E-state index in [0.29, 0.717) is 16.6 Å². The number of phenolic OH excluding ortho intramolecular Hbond substituents is 1. The van der Waals surface area contributed by atoms with Crippen LogP contribution < -0.4 is 10.6 Å². The fraction of sp³-hybridized carbons (Fsp3) is 0.233. The number of benzene rings is 3. The molecule has 0 radical (unpaired) electrons. The molecule has 1 heterocycles. The fourth-order valence-corrected chi connectivity index (χ4v) is 4.69. The summed E-state index contributed by atoms with van der Waals surface area (Å²) in [5.74, 6) is -3.10. The van der Waals surface area contributed by atoms with Crippen LogP contribution in [0.4, 0.5) is 8.78 Å². The van der Waals surface area contributed by atoms with E-state index in [1.807, 2.05) is 18.2 Å². The SMILES string of the molecule is O=C(NCc1ccc(C(=O)NC2CCC(F)(F)CC2)cc1)c1cccc(-c2cc(O)c3ncccc3c2)c1. The molecule has 0 bridgehead atoms. The van der Waals surface area contributed by atoms with Crippen molar-refractivity contribution in [2.24, 2.45) is 0 Å². The number of fused-ring (bicyclic) bond motifs is 1. The molecule has 1 aliphatic carbocycles. The van der Waals surface area contributed by atoms with E-state index in [2.05, 4.69) is 15.6 Å². The van der Waals surface area contributed by atoms with Crippen molar-refractivity contribution in [3.05, 3.63) is 95.7 Å². The molecule has 3 aromatic carbocycles. The smallest absolute Gasteiger partial charge is 0.251 e. The lowest BCUT2D eigenvalue weighted by atomic mass is 9.92. The van der Waals surface area contributed by atoms with E-state index in [4.69, 9.17) is 0 Å². The summed E-state index contributed by atoms with van der Waals surface area (Å²) in [6, 6.07) is 21.0. The first kappa shape index (κ1) is 25.3. The number of rotatable bonds is 6. The lowest BCUT2D eigenvalue weighted by Gasteiger charge is -2.28. The number of aromatic nitrogens is 1. The number of nitrogens with zero attached hydrogens (tertiary/aromatic N) is 1. The summed E-state index contributed by atoms with van der Waals surface area (Å²) >= 11 is 0. The highest BCUT2D eigenvalue weighted by molar-refractivity contribution is 5.96. The Hall–Kier alpha value is -4.33. The van der Waals surface area contributed by atoms with Crippen molar-refractivity contribution in [1.29, 1.82) is 0 Å². The Morgan fingerprint density at radius 1 is 0.895 bits per heavy atom. The van der Waals surface area contributed by atoms with Crippen LogP contribution in [0.5, 0.6) is 5.75 Å². The standard InChI is InChI=1S/C30H27F2N3O3/c31-30(32)12-10-25(11-13-30)35-29(38)20-8-6-19(7-9-20)18-34-28(37)23-4-1-3-21(15-23)24-16-22-5-2-14-33-27(22)26(36)17-24/h1-9,14-17,25,36H,10-13,18H2,(H,34,37)(H,35,38). The zero-order valence-corrected chi connectivity index (χ0v) is 20.6. The largest absolute Gasteiger partial charge is 0.506 e. The number of halogens is 2. The summed E-state index contributed by atoms with van der Waals surface area (Å²) in [6.07, 6.45) is 1.74. The molecule has 2 amide bonds. The molecule has 1 saturated carbocycles. The van der Waals surface area contributed by atoms with Crippen molar-refractivity contribution in [2.45, 2.75) is 44.2 Å². The molecule has 6 nitrogen and oxygen atoms in total. The summed E-state index contributed by atoms with van der Waals surface area (Å²) in [7, 11) is 0. The number of pyridine rings is 1. The topological polar surface area (TPSA) is 91.3 Å². The second-order valence-electron chi connectivity index (χ2n) is 9.63. The first-order valence-electron chi connectivity index (χ1n) is 12.5. The van der Waals surface area contributed by atoms with Gasteiger partial charge in [0.15, 0.2) is 0 Å². The van der Waals surface area contributed by atoms with E-state index in [1.165, 1.54) is 0 Å². The number of alkyl halides is 2. The lowest BCUT2D eigenvalue weighted by Crippen LogP contribution is -2.40. The van der Waals surface area contributed by atoms with Gasteiger partial charge in [0.1, 0.15) is 11.3 Å². The molecular weight excluding hydrogens is 488 g/mol. The van der Waals surface area contributed by atoms with E-state index in [-0.39, 0.29) is 55.8 Å². The second-order valence-corrected chi connectivity index (χ2v) is 9.63. The number of hydrogen-bond donors (Lipinski definition) is 3. The first-order chi connectivity index (χ1) is 18.3. The Morgan fingerprint density at radius 3 is 2.42 bits per heavy atom. The van der Waals surface area contributed by atoms with Crippen molar-refractivity contribution in [3.63, 3.8) is 0 Å². The minimum atomic E-state index is -2.63. The molecule has 0 unspecified atom stereocenters. The van der Waals surface area contributed by atoms with Gasteiger partial charge in [-0.05, 0) is 72.0 Å². The minimum absolute atomic E-state index is 0.0744. The number of phenols is 1. The molecule has 3 N–H and O–H groups in total. The van der Waals surface area contributed by atoms with Gasteiger partial charge in [-0.15, -0.1) is 0 Å². The van der Waals surface area contributed by atoms with Crippen LogP contribution in [0.25, 0.3) is 22.0 Å². The summed E-state index contributed by atoms with van der Waals surface area (Å²) in [4.78, 5) is 29.5. The maximum absolute atomic E-state index is 13.3. The summed E-state index contributed by atoms with van der Waals surface area (Å²) < 4.78 is 26.7. The zero-order valence-electron chi connectivity index (χ0n) is 20.6. The monoisotopic (exact) mass is 515 g/mol. The zero-order chi connectivity index (χ0) is 26.7. The molecule has 0 atom stereocenters. The summed E-state index contributed by atoms with van der Waals surface area (Å²) in [5, 5.41) is 16.9. The molecule has 0 spiro atoms. The normalized spacial score (nSPS) is 15.2. The van der Waals surface area contributed by atoms with Crippen LogP contribution in [-0.2, 0) is 6.54 Å². The highest BCUT2D eigenvalue weighted by Gasteiger charge is 2.35. The van der Waals surface area contributed by atoms with Gasteiger partial charge in [0.05, 0.1) is 0 Å². The highest BCUT2D eigenvalue weighted by atomic mass is 19.3. The Labute approximate surface area is 218 Å². The van der Waals surface area contributed by atoms with Crippen LogP contribution in [0.1, 0.15) is 52.0 Å². The molecule has 0 aliphatic heterocycles. The van der Waals surface area contributed by atoms with Gasteiger partial charge < -0.3 is 15.7 Å². The van der Waals surface area contributed by atoms with Crippen molar-refractivity contribution in [3.8, 4) is 16.9 Å². The third-order valence-electron chi connectivity index (χ3n) is 6.86. The predicted octanol–water partition coefficient (Wildman–Crippen LogP) is 5.85. The molecule has 4 aromatic rings. The Balaban J connectivity index is 1.19. The summed E-state index contributed by atoms with van der Waals surface area (Å²) in [5.41, 5.74) is 3.81. The maximum atomic E-state index is 13.3. The molecule has 38 heavy (non-hydrogen) atoms. The second kappa shape index (κ2) is 10.6. The van der Waals surface area contributed by atoms with Crippen LogP contribution in [0.3, 0.4) is 0 Å². The molecule has 5 rings (SSSR count). The van der Waals surface area contributed by atoms with Gasteiger partial charge in [-0.25, -0.2) is 8.78 Å². The van der Waals surface area contributed by atoms with Crippen LogP contribution in [0.2, 0.25) is 0 Å². The quantitative estimate of drug-likeness (QED) is 0.301. The number of aromatic hydroxyl groups is 1. The van der Waals surface area contributed by atoms with E-state index < -0.39 is 5.92 Å². The van der Waals surface area contributed by atoms with Gasteiger partial charge in [0.2, 0.25) is 5.92 Å². The first-order valence-corrected chi connectivity index (χ1v) is 12.5. The number of nitrogens with one attached hydrogen (secondary N) is 2. The maximum Gasteiger partial charge on any atom is 0.251 e. The third kappa shape index (κ3) is 5.80. The van der Waals surface area contributed by atoms with Gasteiger partial charge in [-0.1, -0.05) is 30.3 Å². The van der Waals surface area contributed by atoms with Crippen LogP contribution in [0, 0.1) is 0 Å². The Kier molecular flexibility index (Phi) is 7.05. The predicted molar refractivity (Wildman–Crippen MR) is 141 cm³/mol. The molecular formula is C30H27F2N3O3. The Morgan fingerprint density at radius 2 is 1.66 bits per heavy atom. The van der Waals surface area contributed by atoms with Crippen LogP contribution in [0.15, 0.2) is 79.0 Å². The third-order valence-corrected chi connectivity index (χ3v) is 6.86. The molecule has 194 valence electrons.